The molecule has 1 unspecified atom stereocenters. The van der Waals surface area contributed by atoms with Gasteiger partial charge in [-0.25, -0.2) is 8.78 Å². The standard InChI is InChI=1S/C21H16ClF5N6/c1-9(21(25,26)27)31-19-17(18(22)32-20-29-8-30-33(19)20)16-14(23)4-10(5-15(16)24)2-3-11-12-6-28-7-13(11)12/h4-5,8-9,11-13,28,31H,6-7H2,1H3/t9-,11?,12-,13+/m0/s1. The van der Waals surface area contributed by atoms with Gasteiger partial charge in [0.15, 0.2) is 0 Å². The molecule has 2 aliphatic rings. The predicted molar refractivity (Wildman–Crippen MR) is 111 cm³/mol. The van der Waals surface area contributed by atoms with Crippen LogP contribution < -0.4 is 10.6 Å². The Bertz CT molecular complexity index is 1280. The van der Waals surface area contributed by atoms with Crippen molar-refractivity contribution in [3.8, 4) is 23.0 Å². The minimum atomic E-state index is -4.65. The number of benzene rings is 1. The van der Waals surface area contributed by atoms with Crippen LogP contribution in [0.15, 0.2) is 18.5 Å². The Hall–Kier alpha value is -2.97. The van der Waals surface area contributed by atoms with E-state index in [0.29, 0.717) is 11.8 Å². The number of hydrogen-bond donors (Lipinski definition) is 2. The van der Waals surface area contributed by atoms with Crippen molar-refractivity contribution in [2.75, 3.05) is 18.4 Å². The van der Waals surface area contributed by atoms with E-state index in [1.54, 1.807) is 0 Å². The van der Waals surface area contributed by atoms with Crippen LogP contribution in [0.3, 0.4) is 0 Å². The second kappa shape index (κ2) is 7.81. The van der Waals surface area contributed by atoms with Gasteiger partial charge in [0.1, 0.15) is 35.0 Å². The van der Waals surface area contributed by atoms with Gasteiger partial charge in [0, 0.05) is 11.5 Å². The maximum absolute atomic E-state index is 15.1. The number of alkyl halides is 3. The van der Waals surface area contributed by atoms with Crippen molar-refractivity contribution in [3.63, 3.8) is 0 Å². The summed E-state index contributed by atoms with van der Waals surface area (Å²) in [6.45, 7) is 2.62. The highest BCUT2D eigenvalue weighted by Crippen LogP contribution is 2.48. The van der Waals surface area contributed by atoms with E-state index in [1.165, 1.54) is 0 Å². The third-order valence-corrected chi connectivity index (χ3v) is 6.27. The second-order valence-electron chi connectivity index (χ2n) is 8.10. The monoisotopic (exact) mass is 482 g/mol. The number of fused-ring (bicyclic) bond motifs is 2. The molecule has 2 aromatic heterocycles. The fraction of sp³-hybridized carbons (Fsp3) is 0.381. The molecule has 6 nitrogen and oxygen atoms in total. The average Bonchev–Trinajstić information content (AvgIpc) is 3.09. The number of aromatic nitrogens is 4. The number of halogens is 6. The summed E-state index contributed by atoms with van der Waals surface area (Å²) < 4.78 is 70.8. The first kappa shape index (κ1) is 21.9. The lowest BCUT2D eigenvalue weighted by atomic mass is 10.0. The molecular weight excluding hydrogens is 467 g/mol. The first-order valence-corrected chi connectivity index (χ1v) is 10.5. The Labute approximate surface area is 189 Å². The van der Waals surface area contributed by atoms with Crippen LogP contribution >= 0.6 is 11.6 Å². The van der Waals surface area contributed by atoms with Gasteiger partial charge in [-0.1, -0.05) is 23.4 Å². The topological polar surface area (TPSA) is 67.1 Å². The van der Waals surface area contributed by atoms with Crippen molar-refractivity contribution in [2.24, 2.45) is 17.8 Å². The summed E-state index contributed by atoms with van der Waals surface area (Å²) in [7, 11) is 0. The van der Waals surface area contributed by atoms with E-state index in [0.717, 1.165) is 43.0 Å². The minimum absolute atomic E-state index is 0.121. The lowest BCUT2D eigenvalue weighted by Crippen LogP contribution is -2.34. The van der Waals surface area contributed by atoms with Crippen molar-refractivity contribution in [3.05, 3.63) is 40.8 Å². The van der Waals surface area contributed by atoms with Gasteiger partial charge in [-0.05, 0) is 44.0 Å². The molecule has 3 aromatic rings. The molecule has 33 heavy (non-hydrogen) atoms. The molecule has 0 amide bonds. The maximum atomic E-state index is 15.1. The Balaban J connectivity index is 1.58. The molecule has 0 radical (unpaired) electrons. The molecule has 1 aliphatic carbocycles. The van der Waals surface area contributed by atoms with E-state index < -0.39 is 40.1 Å². The molecular formula is C21H16ClF5N6. The number of nitrogens with one attached hydrogen (secondary N) is 2. The van der Waals surface area contributed by atoms with E-state index in [9.17, 15) is 13.2 Å². The number of rotatable bonds is 3. The van der Waals surface area contributed by atoms with Gasteiger partial charge in [-0.3, -0.25) is 0 Å². The van der Waals surface area contributed by atoms with Crippen LogP contribution in [0.5, 0.6) is 0 Å². The Morgan fingerprint density at radius 3 is 2.48 bits per heavy atom. The van der Waals surface area contributed by atoms with E-state index in [1.807, 2.05) is 0 Å². The Morgan fingerprint density at radius 2 is 1.85 bits per heavy atom. The van der Waals surface area contributed by atoms with Crippen molar-refractivity contribution >= 4 is 23.2 Å². The lowest BCUT2D eigenvalue weighted by molar-refractivity contribution is -0.138. The van der Waals surface area contributed by atoms with E-state index in [4.69, 9.17) is 11.6 Å². The van der Waals surface area contributed by atoms with Crippen LogP contribution in [-0.4, -0.2) is 44.9 Å². The van der Waals surface area contributed by atoms with Crippen LogP contribution in [0, 0.1) is 41.2 Å². The maximum Gasteiger partial charge on any atom is 0.408 e. The van der Waals surface area contributed by atoms with E-state index >= 15 is 8.78 Å². The third-order valence-electron chi connectivity index (χ3n) is 5.99. The number of anilines is 1. The number of nitrogens with zero attached hydrogens (tertiary/aromatic N) is 4. The van der Waals surface area contributed by atoms with Crippen molar-refractivity contribution in [1.29, 1.82) is 0 Å². The summed E-state index contributed by atoms with van der Waals surface area (Å²) in [6, 6.07) is -0.0211. The molecule has 1 saturated heterocycles. The molecule has 12 heteroatoms. The fourth-order valence-corrected chi connectivity index (χ4v) is 4.40. The molecule has 2 fully saturated rings. The molecule has 0 spiro atoms. The number of hydrogen-bond acceptors (Lipinski definition) is 5. The summed E-state index contributed by atoms with van der Waals surface area (Å²) in [5, 5.41) is 8.84. The van der Waals surface area contributed by atoms with E-state index in [-0.39, 0.29) is 23.1 Å². The van der Waals surface area contributed by atoms with Gasteiger partial charge in [0.05, 0.1) is 11.1 Å². The third kappa shape index (κ3) is 3.87. The highest BCUT2D eigenvalue weighted by atomic mass is 35.5. The molecule has 172 valence electrons. The number of piperidine rings is 1. The normalized spacial score (nSPS) is 22.6. The van der Waals surface area contributed by atoms with E-state index in [2.05, 4.69) is 37.5 Å². The molecule has 5 rings (SSSR count). The molecule has 3 heterocycles. The SMILES string of the molecule is C[C@H](Nc1c(-c2c(F)cc(C#CC3[C@H]4CNC[C@@H]34)cc2F)c(Cl)nc2ncnn12)C(F)(F)F. The molecule has 1 saturated carbocycles. The zero-order valence-corrected chi connectivity index (χ0v) is 17.8. The first-order valence-electron chi connectivity index (χ1n) is 10.1. The first-order chi connectivity index (χ1) is 15.6. The molecule has 1 aliphatic heterocycles. The van der Waals surface area contributed by atoms with Crippen LogP contribution in [0.4, 0.5) is 27.8 Å². The Morgan fingerprint density at radius 1 is 1.18 bits per heavy atom. The molecule has 1 aromatic carbocycles. The summed E-state index contributed by atoms with van der Waals surface area (Å²) in [4.78, 5) is 7.71. The van der Waals surface area contributed by atoms with Crippen LogP contribution in [0.1, 0.15) is 12.5 Å². The van der Waals surface area contributed by atoms with Gasteiger partial charge >= 0.3 is 6.18 Å². The minimum Gasteiger partial charge on any atom is -0.358 e. The van der Waals surface area contributed by atoms with Crippen LogP contribution in [0.25, 0.3) is 16.9 Å². The van der Waals surface area contributed by atoms with Gasteiger partial charge in [0.25, 0.3) is 5.78 Å². The highest BCUT2D eigenvalue weighted by molar-refractivity contribution is 6.33. The largest absolute Gasteiger partial charge is 0.408 e. The lowest BCUT2D eigenvalue weighted by Gasteiger charge is -2.21. The van der Waals surface area contributed by atoms with Gasteiger partial charge < -0.3 is 10.6 Å². The van der Waals surface area contributed by atoms with Crippen molar-refractivity contribution in [1.82, 2.24) is 24.9 Å². The zero-order valence-electron chi connectivity index (χ0n) is 17.0. The molecule has 0 bridgehead atoms. The van der Waals surface area contributed by atoms with Crippen molar-refractivity contribution in [2.45, 2.75) is 19.1 Å². The summed E-state index contributed by atoms with van der Waals surface area (Å²) in [5.74, 6) is 4.40. The summed E-state index contributed by atoms with van der Waals surface area (Å²) in [6.07, 6.45) is -3.60. The smallest absolute Gasteiger partial charge is 0.358 e. The van der Waals surface area contributed by atoms with Crippen LogP contribution in [-0.2, 0) is 0 Å². The molecule has 4 atom stereocenters. The van der Waals surface area contributed by atoms with Gasteiger partial charge in [0.2, 0.25) is 0 Å². The Kier molecular flexibility index (Phi) is 5.17. The van der Waals surface area contributed by atoms with Crippen LogP contribution in [0.2, 0.25) is 5.15 Å². The predicted octanol–water partition coefficient (Wildman–Crippen LogP) is 3.90. The highest BCUT2D eigenvalue weighted by Gasteiger charge is 2.51. The van der Waals surface area contributed by atoms with Gasteiger partial charge in [-0.2, -0.15) is 32.8 Å². The summed E-state index contributed by atoms with van der Waals surface area (Å²) in [5.41, 5.74) is -0.918. The van der Waals surface area contributed by atoms with Crippen molar-refractivity contribution < 1.29 is 22.0 Å². The quantitative estimate of drug-likeness (QED) is 0.337. The fourth-order valence-electron chi connectivity index (χ4n) is 4.14. The van der Waals surface area contributed by atoms with Gasteiger partial charge in [-0.15, -0.1) is 0 Å². The summed E-state index contributed by atoms with van der Waals surface area (Å²) >= 11 is 6.17. The second-order valence-corrected chi connectivity index (χ2v) is 8.46. The average molecular weight is 483 g/mol. The molecule has 2 N–H and O–H groups in total. The zero-order chi connectivity index (χ0) is 23.5.